The highest BCUT2D eigenvalue weighted by Gasteiger charge is 2.29. The molecule has 0 spiro atoms. The van der Waals surface area contributed by atoms with Gasteiger partial charge in [0.25, 0.3) is 5.91 Å². The van der Waals surface area contributed by atoms with Crippen LogP contribution in [0.3, 0.4) is 0 Å². The quantitative estimate of drug-likeness (QED) is 0.677. The standard InChI is InChI=1S/C19H21N5O2S/c1-26-18-16(5-2-6-21-18)19(25)24-8-3-4-14(10-24)17-20-7-9-23(17)11-15-12-27-13-22-15/h2,5-7,9,12-14H,3-4,8,10-11H2,1H3. The molecule has 0 aromatic carbocycles. The van der Waals surface area contributed by atoms with Gasteiger partial charge in [-0.3, -0.25) is 4.79 Å². The van der Waals surface area contributed by atoms with Gasteiger partial charge in [-0.05, 0) is 25.0 Å². The SMILES string of the molecule is COc1ncccc1C(=O)N1CCCC(c2nccn2Cc2cscn2)C1. The molecule has 3 aromatic heterocycles. The Morgan fingerprint density at radius 1 is 1.33 bits per heavy atom. The summed E-state index contributed by atoms with van der Waals surface area (Å²) in [5.41, 5.74) is 3.38. The molecule has 1 saturated heterocycles. The monoisotopic (exact) mass is 383 g/mol. The zero-order valence-corrected chi connectivity index (χ0v) is 15.9. The van der Waals surface area contributed by atoms with Crippen molar-refractivity contribution in [1.29, 1.82) is 0 Å². The number of pyridine rings is 1. The fourth-order valence-electron chi connectivity index (χ4n) is 3.56. The smallest absolute Gasteiger partial charge is 0.259 e. The number of hydrogen-bond donors (Lipinski definition) is 0. The zero-order valence-electron chi connectivity index (χ0n) is 15.1. The summed E-state index contributed by atoms with van der Waals surface area (Å²) >= 11 is 1.59. The van der Waals surface area contributed by atoms with Gasteiger partial charge in [-0.15, -0.1) is 11.3 Å². The number of imidazole rings is 1. The number of hydrogen-bond acceptors (Lipinski definition) is 6. The van der Waals surface area contributed by atoms with Crippen LogP contribution in [0.5, 0.6) is 5.88 Å². The first-order valence-electron chi connectivity index (χ1n) is 8.92. The van der Waals surface area contributed by atoms with Crippen molar-refractivity contribution >= 4 is 17.2 Å². The molecule has 4 rings (SSSR count). The number of amides is 1. The molecule has 1 fully saturated rings. The number of carbonyl (C=O) groups excluding carboxylic acids is 1. The first kappa shape index (κ1) is 17.7. The van der Waals surface area contributed by atoms with Crippen molar-refractivity contribution in [3.05, 3.63) is 58.7 Å². The van der Waals surface area contributed by atoms with Crippen molar-refractivity contribution in [3.8, 4) is 5.88 Å². The number of methoxy groups -OCH3 is 1. The third-order valence-electron chi connectivity index (χ3n) is 4.83. The summed E-state index contributed by atoms with van der Waals surface area (Å²) in [7, 11) is 1.54. The predicted molar refractivity (Wildman–Crippen MR) is 102 cm³/mol. The first-order valence-corrected chi connectivity index (χ1v) is 9.87. The minimum Gasteiger partial charge on any atom is -0.480 e. The molecule has 8 heteroatoms. The van der Waals surface area contributed by atoms with Gasteiger partial charge in [0.15, 0.2) is 0 Å². The van der Waals surface area contributed by atoms with E-state index in [-0.39, 0.29) is 11.8 Å². The fourth-order valence-corrected chi connectivity index (χ4v) is 4.11. The zero-order chi connectivity index (χ0) is 18.6. The molecule has 27 heavy (non-hydrogen) atoms. The number of aromatic nitrogens is 4. The Bertz CT molecular complexity index is 908. The lowest BCUT2D eigenvalue weighted by Gasteiger charge is -2.33. The van der Waals surface area contributed by atoms with Crippen LogP contribution >= 0.6 is 11.3 Å². The fraction of sp³-hybridized carbons (Fsp3) is 0.368. The van der Waals surface area contributed by atoms with Crippen molar-refractivity contribution in [2.45, 2.75) is 25.3 Å². The Labute approximate surface area is 161 Å². The van der Waals surface area contributed by atoms with Crippen LogP contribution in [0, 0.1) is 0 Å². The Morgan fingerprint density at radius 3 is 3.07 bits per heavy atom. The van der Waals surface area contributed by atoms with Crippen LogP contribution in [0.15, 0.2) is 41.6 Å². The van der Waals surface area contributed by atoms with Crippen molar-refractivity contribution in [2.75, 3.05) is 20.2 Å². The second-order valence-corrected chi connectivity index (χ2v) is 7.26. The molecule has 3 aromatic rings. The van der Waals surface area contributed by atoms with Crippen molar-refractivity contribution in [3.63, 3.8) is 0 Å². The molecule has 0 radical (unpaired) electrons. The van der Waals surface area contributed by atoms with Crippen molar-refractivity contribution in [2.24, 2.45) is 0 Å². The lowest BCUT2D eigenvalue weighted by Crippen LogP contribution is -2.40. The van der Waals surface area contributed by atoms with Crippen LogP contribution in [0.4, 0.5) is 0 Å². The molecule has 1 atom stereocenters. The van der Waals surface area contributed by atoms with E-state index in [0.717, 1.165) is 30.9 Å². The molecule has 7 nitrogen and oxygen atoms in total. The summed E-state index contributed by atoms with van der Waals surface area (Å²) < 4.78 is 7.39. The van der Waals surface area contributed by atoms with Crippen molar-refractivity contribution < 1.29 is 9.53 Å². The van der Waals surface area contributed by atoms with E-state index >= 15 is 0 Å². The highest BCUT2D eigenvalue weighted by Crippen LogP contribution is 2.28. The maximum absolute atomic E-state index is 13.0. The van der Waals surface area contributed by atoms with Gasteiger partial charge in [-0.2, -0.15) is 0 Å². The maximum atomic E-state index is 13.0. The van der Waals surface area contributed by atoms with Crippen LogP contribution in [0.25, 0.3) is 0 Å². The summed E-state index contributed by atoms with van der Waals surface area (Å²) in [6.45, 7) is 2.09. The first-order chi connectivity index (χ1) is 13.3. The molecular weight excluding hydrogens is 362 g/mol. The average molecular weight is 383 g/mol. The molecule has 0 saturated carbocycles. The van der Waals surface area contributed by atoms with Crippen molar-refractivity contribution in [1.82, 2.24) is 24.4 Å². The third kappa shape index (κ3) is 3.71. The molecule has 0 N–H and O–H groups in total. The number of likely N-dealkylation sites (tertiary alicyclic amines) is 1. The van der Waals surface area contributed by atoms with Crippen LogP contribution in [0.2, 0.25) is 0 Å². The summed E-state index contributed by atoms with van der Waals surface area (Å²) in [4.78, 5) is 28.0. The van der Waals surface area contributed by atoms with Gasteiger partial charge in [0.2, 0.25) is 5.88 Å². The molecule has 1 unspecified atom stereocenters. The third-order valence-corrected chi connectivity index (χ3v) is 5.47. The molecule has 1 aliphatic rings. The van der Waals surface area contributed by atoms with E-state index in [4.69, 9.17) is 4.74 Å². The summed E-state index contributed by atoms with van der Waals surface area (Å²) in [5.74, 6) is 1.55. The van der Waals surface area contributed by atoms with Crippen LogP contribution < -0.4 is 4.74 Å². The van der Waals surface area contributed by atoms with Gasteiger partial charge in [-0.25, -0.2) is 15.0 Å². The van der Waals surface area contributed by atoms with E-state index in [9.17, 15) is 4.79 Å². The van der Waals surface area contributed by atoms with Gasteiger partial charge in [0.1, 0.15) is 11.4 Å². The molecular formula is C19H21N5O2S. The molecule has 140 valence electrons. The normalized spacial score (nSPS) is 17.1. The topological polar surface area (TPSA) is 73.1 Å². The Hall–Kier alpha value is -2.74. The lowest BCUT2D eigenvalue weighted by molar-refractivity contribution is 0.0699. The molecule has 1 amide bonds. The van der Waals surface area contributed by atoms with E-state index in [1.807, 2.05) is 22.8 Å². The lowest BCUT2D eigenvalue weighted by atomic mass is 9.96. The molecule has 1 aliphatic heterocycles. The van der Waals surface area contributed by atoms with Crippen LogP contribution in [-0.2, 0) is 6.54 Å². The second kappa shape index (κ2) is 7.87. The number of carbonyl (C=O) groups is 1. The molecule has 0 bridgehead atoms. The Balaban J connectivity index is 1.52. The number of piperidine rings is 1. The van der Waals surface area contributed by atoms with E-state index < -0.39 is 0 Å². The van der Waals surface area contributed by atoms with Gasteiger partial charge in [0.05, 0.1) is 24.9 Å². The number of thiazole rings is 1. The van der Waals surface area contributed by atoms with Gasteiger partial charge < -0.3 is 14.2 Å². The van der Waals surface area contributed by atoms with Crippen LogP contribution in [0.1, 0.15) is 40.6 Å². The Kier molecular flexibility index (Phi) is 5.15. The molecule has 0 aliphatic carbocycles. The number of nitrogens with zero attached hydrogens (tertiary/aromatic N) is 5. The van der Waals surface area contributed by atoms with E-state index in [1.54, 1.807) is 29.7 Å². The summed E-state index contributed by atoms with van der Waals surface area (Å²) in [5, 5.41) is 2.05. The minimum atomic E-state index is -0.0396. The highest BCUT2D eigenvalue weighted by molar-refractivity contribution is 7.07. The number of rotatable bonds is 5. The highest BCUT2D eigenvalue weighted by atomic mass is 32.1. The van der Waals surface area contributed by atoms with Gasteiger partial charge in [0, 0.05) is 43.0 Å². The molecule has 4 heterocycles. The van der Waals surface area contributed by atoms with E-state index in [1.165, 1.54) is 7.11 Å². The average Bonchev–Trinajstić information content (AvgIpc) is 3.40. The summed E-state index contributed by atoms with van der Waals surface area (Å²) in [6.07, 6.45) is 7.40. The van der Waals surface area contributed by atoms with E-state index in [0.29, 0.717) is 24.5 Å². The Morgan fingerprint density at radius 2 is 2.26 bits per heavy atom. The van der Waals surface area contributed by atoms with Gasteiger partial charge >= 0.3 is 0 Å². The number of ether oxygens (including phenoxy) is 1. The largest absolute Gasteiger partial charge is 0.480 e. The van der Waals surface area contributed by atoms with Gasteiger partial charge in [-0.1, -0.05) is 0 Å². The summed E-state index contributed by atoms with van der Waals surface area (Å²) in [6, 6.07) is 3.53. The predicted octanol–water partition coefficient (Wildman–Crippen LogP) is 2.81. The maximum Gasteiger partial charge on any atom is 0.259 e. The second-order valence-electron chi connectivity index (χ2n) is 6.54. The van der Waals surface area contributed by atoms with E-state index in [2.05, 4.69) is 24.9 Å². The van der Waals surface area contributed by atoms with Crippen LogP contribution in [-0.4, -0.2) is 50.5 Å². The minimum absolute atomic E-state index is 0.0396.